The number of hydrogen-bond acceptors (Lipinski definition) is 4. The van der Waals surface area contributed by atoms with Gasteiger partial charge in [0.25, 0.3) is 15.9 Å². The highest BCUT2D eigenvalue weighted by molar-refractivity contribution is 9.10. The van der Waals surface area contributed by atoms with Gasteiger partial charge in [0.05, 0.1) is 16.8 Å². The first-order valence-corrected chi connectivity index (χ1v) is 10.8. The number of sulfonamides is 1. The summed E-state index contributed by atoms with van der Waals surface area (Å²) in [6, 6.07) is 21.9. The molecule has 0 fully saturated rings. The van der Waals surface area contributed by atoms with E-state index in [-0.39, 0.29) is 4.90 Å². The lowest BCUT2D eigenvalue weighted by Crippen LogP contribution is -2.26. The molecule has 6 nitrogen and oxygen atoms in total. The largest absolute Gasteiger partial charge is 0.271 e. The van der Waals surface area contributed by atoms with Gasteiger partial charge in [-0.05, 0) is 54.1 Å². The van der Waals surface area contributed by atoms with Crippen LogP contribution in [0.1, 0.15) is 15.9 Å². The molecule has 148 valence electrons. The van der Waals surface area contributed by atoms with Crippen LogP contribution in [0.25, 0.3) is 0 Å². The molecule has 0 radical (unpaired) electrons. The van der Waals surface area contributed by atoms with Crippen molar-refractivity contribution in [1.82, 2.24) is 5.43 Å². The van der Waals surface area contributed by atoms with Crippen LogP contribution in [0.15, 0.2) is 93.3 Å². The summed E-state index contributed by atoms with van der Waals surface area (Å²) in [4.78, 5) is 12.4. The molecule has 8 heteroatoms. The number of hydrazone groups is 1. The zero-order valence-corrected chi connectivity index (χ0v) is 17.9. The topological polar surface area (TPSA) is 78.8 Å². The van der Waals surface area contributed by atoms with E-state index in [1.807, 2.05) is 24.3 Å². The van der Waals surface area contributed by atoms with E-state index in [4.69, 9.17) is 0 Å². The first kappa shape index (κ1) is 20.8. The van der Waals surface area contributed by atoms with E-state index in [0.717, 1.165) is 10.0 Å². The lowest BCUT2D eigenvalue weighted by atomic mass is 10.2. The minimum Gasteiger partial charge on any atom is -0.269 e. The third kappa shape index (κ3) is 5.10. The second-order valence-electron chi connectivity index (χ2n) is 6.09. The lowest BCUT2D eigenvalue weighted by molar-refractivity contribution is 0.0955. The number of carbonyl (C=O) groups excluding carboxylic acids is 1. The second kappa shape index (κ2) is 9.02. The number of carbonyl (C=O) groups is 1. The Morgan fingerprint density at radius 1 is 1.00 bits per heavy atom. The van der Waals surface area contributed by atoms with Gasteiger partial charge in [-0.3, -0.25) is 9.10 Å². The molecule has 0 aliphatic heterocycles. The van der Waals surface area contributed by atoms with Crippen molar-refractivity contribution in [1.29, 1.82) is 0 Å². The van der Waals surface area contributed by atoms with Crippen LogP contribution in [0.4, 0.5) is 5.69 Å². The van der Waals surface area contributed by atoms with Gasteiger partial charge in [0.15, 0.2) is 0 Å². The van der Waals surface area contributed by atoms with Crippen molar-refractivity contribution < 1.29 is 13.2 Å². The maximum Gasteiger partial charge on any atom is 0.271 e. The molecule has 3 aromatic carbocycles. The fraction of sp³-hybridized carbons (Fsp3) is 0.0476. The predicted octanol–water partition coefficient (Wildman–Crippen LogP) is 4.04. The van der Waals surface area contributed by atoms with Gasteiger partial charge in [-0.2, -0.15) is 5.10 Å². The monoisotopic (exact) mass is 471 g/mol. The molecule has 0 spiro atoms. The number of nitrogens with one attached hydrogen (secondary N) is 1. The summed E-state index contributed by atoms with van der Waals surface area (Å²) in [5.74, 6) is -0.392. The highest BCUT2D eigenvalue weighted by Crippen LogP contribution is 2.22. The molecule has 1 amide bonds. The highest BCUT2D eigenvalue weighted by atomic mass is 79.9. The summed E-state index contributed by atoms with van der Waals surface area (Å²) in [5.41, 5.74) is 4.10. The predicted molar refractivity (Wildman–Crippen MR) is 118 cm³/mol. The standard InChI is InChI=1S/C21H18BrN3O3S/c1-25(29(27,28)20-8-3-2-4-9-20)19-12-10-17(11-13-19)21(26)24-23-15-16-6-5-7-18(22)14-16/h2-15H,1H3,(H,24,26). The Labute approximate surface area is 178 Å². The fourth-order valence-corrected chi connectivity index (χ4v) is 4.16. The summed E-state index contributed by atoms with van der Waals surface area (Å²) in [6.45, 7) is 0. The third-order valence-corrected chi connectivity index (χ3v) is 6.42. The molecule has 0 aliphatic carbocycles. The second-order valence-corrected chi connectivity index (χ2v) is 8.97. The van der Waals surface area contributed by atoms with Crippen molar-refractivity contribution in [3.05, 3.63) is 94.5 Å². The van der Waals surface area contributed by atoms with Gasteiger partial charge in [-0.15, -0.1) is 0 Å². The van der Waals surface area contributed by atoms with E-state index in [9.17, 15) is 13.2 Å². The number of hydrogen-bond donors (Lipinski definition) is 1. The molecule has 0 aliphatic rings. The van der Waals surface area contributed by atoms with Crippen molar-refractivity contribution in [2.75, 3.05) is 11.4 Å². The number of nitrogens with zero attached hydrogens (tertiary/aromatic N) is 2. The minimum atomic E-state index is -3.67. The van der Waals surface area contributed by atoms with Crippen LogP contribution < -0.4 is 9.73 Å². The first-order valence-electron chi connectivity index (χ1n) is 8.61. The fourth-order valence-electron chi connectivity index (χ4n) is 2.53. The van der Waals surface area contributed by atoms with E-state index < -0.39 is 15.9 Å². The molecule has 3 rings (SSSR count). The zero-order valence-electron chi connectivity index (χ0n) is 15.5. The Morgan fingerprint density at radius 3 is 2.34 bits per heavy atom. The van der Waals surface area contributed by atoms with Crippen LogP contribution in [-0.2, 0) is 10.0 Å². The molecule has 0 heterocycles. The van der Waals surface area contributed by atoms with Crippen molar-refractivity contribution in [2.24, 2.45) is 5.10 Å². The van der Waals surface area contributed by atoms with E-state index in [1.165, 1.54) is 29.7 Å². The molecular weight excluding hydrogens is 454 g/mol. The van der Waals surface area contributed by atoms with Gasteiger partial charge >= 0.3 is 0 Å². The highest BCUT2D eigenvalue weighted by Gasteiger charge is 2.21. The van der Waals surface area contributed by atoms with Crippen molar-refractivity contribution >= 4 is 43.8 Å². The normalized spacial score (nSPS) is 11.4. The smallest absolute Gasteiger partial charge is 0.269 e. The maximum absolute atomic E-state index is 12.7. The minimum absolute atomic E-state index is 0.200. The van der Waals surface area contributed by atoms with Crippen LogP contribution in [0.3, 0.4) is 0 Å². The van der Waals surface area contributed by atoms with Gasteiger partial charge in [0, 0.05) is 17.1 Å². The summed E-state index contributed by atoms with van der Waals surface area (Å²) in [5, 5.41) is 3.94. The number of benzene rings is 3. The van der Waals surface area contributed by atoms with E-state index in [0.29, 0.717) is 11.3 Å². The first-order chi connectivity index (χ1) is 13.9. The van der Waals surface area contributed by atoms with Crippen LogP contribution in [0, 0.1) is 0 Å². The van der Waals surface area contributed by atoms with Crippen LogP contribution in [0.5, 0.6) is 0 Å². The van der Waals surface area contributed by atoms with Gasteiger partial charge < -0.3 is 0 Å². The molecule has 0 unspecified atom stereocenters. The number of rotatable bonds is 6. The molecule has 0 atom stereocenters. The van der Waals surface area contributed by atoms with E-state index in [2.05, 4.69) is 26.5 Å². The van der Waals surface area contributed by atoms with Crippen molar-refractivity contribution in [3.63, 3.8) is 0 Å². The summed E-state index contributed by atoms with van der Waals surface area (Å²) in [6.07, 6.45) is 1.54. The van der Waals surface area contributed by atoms with Gasteiger partial charge in [-0.1, -0.05) is 46.3 Å². The molecule has 0 saturated heterocycles. The number of halogens is 1. The Kier molecular flexibility index (Phi) is 6.46. The van der Waals surface area contributed by atoms with E-state index in [1.54, 1.807) is 42.5 Å². The number of amides is 1. The van der Waals surface area contributed by atoms with Crippen LogP contribution in [-0.4, -0.2) is 27.6 Å². The molecule has 29 heavy (non-hydrogen) atoms. The van der Waals surface area contributed by atoms with Gasteiger partial charge in [0.2, 0.25) is 0 Å². The average Bonchev–Trinajstić information content (AvgIpc) is 2.74. The summed E-state index contributed by atoms with van der Waals surface area (Å²) < 4.78 is 27.4. The molecule has 1 N–H and O–H groups in total. The van der Waals surface area contributed by atoms with Crippen LogP contribution in [0.2, 0.25) is 0 Å². The molecular formula is C21H18BrN3O3S. The average molecular weight is 472 g/mol. The SMILES string of the molecule is CN(c1ccc(C(=O)NN=Cc2cccc(Br)c2)cc1)S(=O)(=O)c1ccccc1. The Bertz CT molecular complexity index is 1130. The molecule has 0 bridgehead atoms. The quantitative estimate of drug-likeness (QED) is 0.435. The summed E-state index contributed by atoms with van der Waals surface area (Å²) in [7, 11) is -2.20. The van der Waals surface area contributed by atoms with Crippen molar-refractivity contribution in [3.8, 4) is 0 Å². The Morgan fingerprint density at radius 2 is 1.69 bits per heavy atom. The maximum atomic E-state index is 12.7. The molecule has 3 aromatic rings. The van der Waals surface area contributed by atoms with Crippen LogP contribution >= 0.6 is 15.9 Å². The summed E-state index contributed by atoms with van der Waals surface area (Å²) >= 11 is 3.37. The molecule has 0 saturated carbocycles. The number of anilines is 1. The Balaban J connectivity index is 1.68. The zero-order chi connectivity index (χ0) is 20.9. The van der Waals surface area contributed by atoms with Gasteiger partial charge in [0.1, 0.15) is 0 Å². The third-order valence-electron chi connectivity index (χ3n) is 4.12. The van der Waals surface area contributed by atoms with Crippen molar-refractivity contribution in [2.45, 2.75) is 4.90 Å². The Hall–Kier alpha value is -2.97. The molecule has 0 aromatic heterocycles. The van der Waals surface area contributed by atoms with E-state index >= 15 is 0 Å². The lowest BCUT2D eigenvalue weighted by Gasteiger charge is -2.19. The van der Waals surface area contributed by atoms with Gasteiger partial charge in [-0.25, -0.2) is 13.8 Å².